The number of hydrogen-bond acceptors (Lipinski definition) is 5. The quantitative estimate of drug-likeness (QED) is 0.522. The van der Waals surface area contributed by atoms with Crippen molar-refractivity contribution in [3.63, 3.8) is 0 Å². The van der Waals surface area contributed by atoms with Gasteiger partial charge in [0.25, 0.3) is 0 Å². The first-order valence-corrected chi connectivity index (χ1v) is 10.9. The van der Waals surface area contributed by atoms with Crippen LogP contribution in [0.4, 0.5) is 0 Å². The summed E-state index contributed by atoms with van der Waals surface area (Å²) in [6.07, 6.45) is 1.91. The van der Waals surface area contributed by atoms with Crippen molar-refractivity contribution in [2.75, 3.05) is 33.4 Å². The Hall–Kier alpha value is -3.25. The first-order valence-electron chi connectivity index (χ1n) is 10.9. The van der Waals surface area contributed by atoms with Gasteiger partial charge in [-0.05, 0) is 56.2 Å². The topological polar surface area (TPSA) is 52.4 Å². The van der Waals surface area contributed by atoms with E-state index in [2.05, 4.69) is 28.1 Å². The number of hydrogen-bond donors (Lipinski definition) is 0. The van der Waals surface area contributed by atoms with E-state index >= 15 is 0 Å². The van der Waals surface area contributed by atoms with Crippen LogP contribution in [0.2, 0.25) is 0 Å². The van der Waals surface area contributed by atoms with Gasteiger partial charge in [0.05, 0.1) is 43.4 Å². The maximum atomic E-state index is 12.9. The molecule has 168 valence electrons. The first-order chi connectivity index (χ1) is 15.4. The van der Waals surface area contributed by atoms with Crippen LogP contribution < -0.4 is 4.74 Å². The maximum absolute atomic E-state index is 12.9. The highest BCUT2D eigenvalue weighted by Gasteiger charge is 2.23. The molecule has 6 nitrogen and oxygen atoms in total. The second-order valence-corrected chi connectivity index (χ2v) is 8.28. The van der Waals surface area contributed by atoms with Crippen LogP contribution in [0.15, 0.2) is 49.2 Å². The van der Waals surface area contributed by atoms with Crippen molar-refractivity contribution >= 4 is 17.2 Å². The highest BCUT2D eigenvalue weighted by molar-refractivity contribution is 5.94. The van der Waals surface area contributed by atoms with Crippen molar-refractivity contribution in [1.29, 1.82) is 0 Å². The van der Waals surface area contributed by atoms with Gasteiger partial charge in [-0.15, -0.1) is 0 Å². The van der Waals surface area contributed by atoms with E-state index in [9.17, 15) is 4.79 Å². The molecule has 1 aliphatic rings. The van der Waals surface area contributed by atoms with Crippen LogP contribution >= 0.6 is 0 Å². The van der Waals surface area contributed by atoms with Gasteiger partial charge < -0.3 is 23.5 Å². The van der Waals surface area contributed by atoms with Crippen LogP contribution in [-0.2, 0) is 9.47 Å². The van der Waals surface area contributed by atoms with Gasteiger partial charge in [-0.1, -0.05) is 18.7 Å². The van der Waals surface area contributed by atoms with Gasteiger partial charge in [0, 0.05) is 30.4 Å². The molecule has 1 aliphatic heterocycles. The molecule has 1 aromatic carbocycles. The highest BCUT2D eigenvalue weighted by Crippen LogP contribution is 2.32. The van der Waals surface area contributed by atoms with Gasteiger partial charge in [0.2, 0.25) is 0 Å². The molecule has 0 saturated carbocycles. The van der Waals surface area contributed by atoms with Gasteiger partial charge in [0.15, 0.2) is 0 Å². The molecule has 4 rings (SSSR count). The predicted molar refractivity (Wildman–Crippen MR) is 126 cm³/mol. The molecule has 0 spiro atoms. The normalized spacial score (nSPS) is 14.1. The molecule has 0 radical (unpaired) electrons. The van der Waals surface area contributed by atoms with Crippen molar-refractivity contribution in [3.8, 4) is 16.9 Å². The standard InChI is InChI=1S/C26H30N2O4/c1-17(2)32-26(29)24-15-22-14-21(20-6-8-23(30-5)9-7-20)16-28(22)25(18(24)3)19(4)27-10-12-31-13-11-27/h6-9,14-17H,4,10-13H2,1-3,5H3. The molecule has 0 atom stereocenters. The first kappa shape index (κ1) is 22.0. The molecular formula is C26H30N2O4. The van der Waals surface area contributed by atoms with Crippen LogP contribution in [0.25, 0.3) is 22.3 Å². The van der Waals surface area contributed by atoms with Crippen molar-refractivity contribution in [2.24, 2.45) is 0 Å². The lowest BCUT2D eigenvalue weighted by atomic mass is 10.0. The van der Waals surface area contributed by atoms with Crippen molar-refractivity contribution in [2.45, 2.75) is 26.9 Å². The van der Waals surface area contributed by atoms with E-state index in [0.29, 0.717) is 18.8 Å². The highest BCUT2D eigenvalue weighted by atomic mass is 16.5. The molecule has 6 heteroatoms. The minimum atomic E-state index is -0.316. The minimum absolute atomic E-state index is 0.189. The summed E-state index contributed by atoms with van der Waals surface area (Å²) in [6, 6.07) is 12.0. The SMILES string of the molecule is C=C(c1c(C)c(C(=O)OC(C)C)cc2cc(-c3ccc(OC)cc3)cn12)N1CCOCC1. The molecule has 3 heterocycles. The molecule has 0 N–H and O–H groups in total. The summed E-state index contributed by atoms with van der Waals surface area (Å²) in [7, 11) is 1.66. The number of pyridine rings is 1. The second-order valence-electron chi connectivity index (χ2n) is 8.28. The smallest absolute Gasteiger partial charge is 0.338 e. The monoisotopic (exact) mass is 434 g/mol. The molecule has 0 bridgehead atoms. The number of morpholine rings is 1. The lowest BCUT2D eigenvalue weighted by Gasteiger charge is -2.31. The summed E-state index contributed by atoms with van der Waals surface area (Å²) < 4.78 is 18.5. The number of rotatable bonds is 6. The Morgan fingerprint density at radius 3 is 2.41 bits per heavy atom. The molecule has 0 amide bonds. The van der Waals surface area contributed by atoms with Gasteiger partial charge in [-0.3, -0.25) is 0 Å². The Bertz CT molecular complexity index is 1140. The third-order valence-electron chi connectivity index (χ3n) is 5.79. The summed E-state index contributed by atoms with van der Waals surface area (Å²) in [5, 5.41) is 0. The molecular weight excluding hydrogens is 404 g/mol. The number of esters is 1. The number of fused-ring (bicyclic) bond motifs is 1. The average Bonchev–Trinajstić information content (AvgIpc) is 3.22. The van der Waals surface area contributed by atoms with Gasteiger partial charge >= 0.3 is 5.97 Å². The minimum Gasteiger partial charge on any atom is -0.497 e. The summed E-state index contributed by atoms with van der Waals surface area (Å²) in [4.78, 5) is 15.1. The van der Waals surface area contributed by atoms with Gasteiger partial charge in [-0.2, -0.15) is 0 Å². The van der Waals surface area contributed by atoms with E-state index in [1.54, 1.807) is 7.11 Å². The lowest BCUT2D eigenvalue weighted by Crippen LogP contribution is -2.35. The Balaban J connectivity index is 1.86. The fourth-order valence-corrected chi connectivity index (χ4v) is 4.12. The van der Waals surface area contributed by atoms with E-state index in [-0.39, 0.29) is 12.1 Å². The summed E-state index contributed by atoms with van der Waals surface area (Å²) in [5.74, 6) is 0.497. The van der Waals surface area contributed by atoms with Gasteiger partial charge in [-0.25, -0.2) is 4.79 Å². The Morgan fingerprint density at radius 2 is 1.78 bits per heavy atom. The fourth-order valence-electron chi connectivity index (χ4n) is 4.12. The Morgan fingerprint density at radius 1 is 1.09 bits per heavy atom. The summed E-state index contributed by atoms with van der Waals surface area (Å²) >= 11 is 0. The molecule has 1 saturated heterocycles. The van der Waals surface area contributed by atoms with Crippen LogP contribution in [0, 0.1) is 6.92 Å². The third kappa shape index (κ3) is 4.23. The molecule has 1 fully saturated rings. The number of nitrogens with zero attached hydrogens (tertiary/aromatic N) is 2. The Kier molecular flexibility index (Phi) is 6.24. The van der Waals surface area contributed by atoms with Crippen LogP contribution in [-0.4, -0.2) is 54.8 Å². The lowest BCUT2D eigenvalue weighted by molar-refractivity contribution is 0.0377. The van der Waals surface area contributed by atoms with E-state index in [1.807, 2.05) is 51.1 Å². The Labute approximate surface area is 189 Å². The van der Waals surface area contributed by atoms with Crippen molar-refractivity contribution in [1.82, 2.24) is 9.30 Å². The molecule has 32 heavy (non-hydrogen) atoms. The van der Waals surface area contributed by atoms with Crippen molar-refractivity contribution in [3.05, 3.63) is 66.0 Å². The zero-order valence-electron chi connectivity index (χ0n) is 19.2. The molecule has 2 aromatic heterocycles. The molecule has 3 aromatic rings. The third-order valence-corrected chi connectivity index (χ3v) is 5.79. The number of carbonyl (C=O) groups excluding carboxylic acids is 1. The average molecular weight is 435 g/mol. The molecule has 0 unspecified atom stereocenters. The summed E-state index contributed by atoms with van der Waals surface area (Å²) in [5.41, 5.74) is 6.26. The number of aromatic nitrogens is 1. The predicted octanol–water partition coefficient (Wildman–Crippen LogP) is 4.79. The number of ether oxygens (including phenoxy) is 3. The van der Waals surface area contributed by atoms with E-state index < -0.39 is 0 Å². The van der Waals surface area contributed by atoms with Crippen LogP contribution in [0.5, 0.6) is 5.75 Å². The van der Waals surface area contributed by atoms with Gasteiger partial charge in [0.1, 0.15) is 5.75 Å². The largest absolute Gasteiger partial charge is 0.497 e. The number of carbonyl (C=O) groups is 1. The fraction of sp³-hybridized carbons (Fsp3) is 0.346. The van der Waals surface area contributed by atoms with Crippen molar-refractivity contribution < 1.29 is 19.0 Å². The zero-order valence-corrected chi connectivity index (χ0v) is 19.2. The van der Waals surface area contributed by atoms with Crippen LogP contribution in [0.1, 0.15) is 35.5 Å². The van der Waals surface area contributed by atoms with E-state index in [0.717, 1.165) is 52.4 Å². The molecule has 0 aliphatic carbocycles. The van der Waals surface area contributed by atoms with E-state index in [4.69, 9.17) is 14.2 Å². The summed E-state index contributed by atoms with van der Waals surface area (Å²) in [6.45, 7) is 13.0. The number of methoxy groups -OCH3 is 1. The van der Waals surface area contributed by atoms with Crippen LogP contribution in [0.3, 0.4) is 0 Å². The second kappa shape index (κ2) is 9.09. The zero-order chi connectivity index (χ0) is 22.8. The maximum Gasteiger partial charge on any atom is 0.338 e. The van der Waals surface area contributed by atoms with E-state index in [1.165, 1.54) is 0 Å². The number of benzene rings is 1.